The van der Waals surface area contributed by atoms with E-state index in [-0.39, 0.29) is 5.75 Å². The van der Waals surface area contributed by atoms with Gasteiger partial charge in [0.1, 0.15) is 11.3 Å². The van der Waals surface area contributed by atoms with Gasteiger partial charge >= 0.3 is 0 Å². The summed E-state index contributed by atoms with van der Waals surface area (Å²) < 4.78 is 19.9. The molecule has 2 N–H and O–H groups in total. The highest BCUT2D eigenvalue weighted by Gasteiger charge is 2.14. The first kappa shape index (κ1) is 12.4. The first-order valence-electron chi connectivity index (χ1n) is 6.23. The summed E-state index contributed by atoms with van der Waals surface area (Å²) in [4.78, 5) is 4.18. The number of nitrogen functional groups attached to an aromatic ring is 1. The van der Waals surface area contributed by atoms with Crippen molar-refractivity contribution in [2.75, 3.05) is 5.73 Å². The predicted molar refractivity (Wildman–Crippen MR) is 77.4 cm³/mol. The van der Waals surface area contributed by atoms with Crippen molar-refractivity contribution in [3.63, 3.8) is 0 Å². The molecule has 20 heavy (non-hydrogen) atoms. The van der Waals surface area contributed by atoms with E-state index in [1.54, 1.807) is 24.4 Å². The van der Waals surface area contributed by atoms with Crippen molar-refractivity contribution in [1.29, 1.82) is 0 Å². The third-order valence-electron chi connectivity index (χ3n) is 3.14. The smallest absolute Gasteiger partial charge is 0.189 e. The molecule has 0 radical (unpaired) electrons. The van der Waals surface area contributed by atoms with Gasteiger partial charge in [-0.2, -0.15) is 0 Å². The molecule has 2 aromatic carbocycles. The number of aryl methyl sites for hydroxylation is 1. The van der Waals surface area contributed by atoms with Crippen LogP contribution in [0.4, 0.5) is 10.1 Å². The van der Waals surface area contributed by atoms with Crippen LogP contribution < -0.4 is 10.5 Å². The lowest BCUT2D eigenvalue weighted by Gasteiger charge is -2.12. The molecule has 1 aromatic heterocycles. The van der Waals surface area contributed by atoms with Crippen LogP contribution in [0.5, 0.6) is 11.5 Å². The zero-order valence-corrected chi connectivity index (χ0v) is 10.9. The van der Waals surface area contributed by atoms with E-state index in [1.165, 1.54) is 6.07 Å². The Morgan fingerprint density at radius 3 is 2.75 bits per heavy atom. The van der Waals surface area contributed by atoms with Gasteiger partial charge in [0, 0.05) is 23.3 Å². The lowest BCUT2D eigenvalue weighted by molar-refractivity contribution is 0.444. The second-order valence-corrected chi connectivity index (χ2v) is 4.54. The molecule has 3 rings (SSSR count). The number of para-hydroxylation sites is 1. The lowest BCUT2D eigenvalue weighted by atomic mass is 10.1. The fourth-order valence-electron chi connectivity index (χ4n) is 2.09. The molecule has 0 aliphatic rings. The number of pyridine rings is 1. The summed E-state index contributed by atoms with van der Waals surface area (Å²) in [6.45, 7) is 1.90. The Balaban J connectivity index is 2.19. The average Bonchev–Trinajstić information content (AvgIpc) is 2.45. The molecular formula is C16H13FN2O. The minimum atomic E-state index is -0.517. The SMILES string of the molecule is Cc1ccccc1Oc1c(F)cc(N)c2cccnc12. The molecule has 0 fully saturated rings. The lowest BCUT2D eigenvalue weighted by Crippen LogP contribution is -1.97. The van der Waals surface area contributed by atoms with Crippen molar-refractivity contribution < 1.29 is 9.13 Å². The van der Waals surface area contributed by atoms with Gasteiger partial charge in [0.25, 0.3) is 0 Å². The predicted octanol–water partition coefficient (Wildman–Crippen LogP) is 4.06. The molecule has 0 aliphatic carbocycles. The topological polar surface area (TPSA) is 48.1 Å². The van der Waals surface area contributed by atoms with Crippen molar-refractivity contribution >= 4 is 16.6 Å². The van der Waals surface area contributed by atoms with Crippen molar-refractivity contribution in [2.24, 2.45) is 0 Å². The van der Waals surface area contributed by atoms with Gasteiger partial charge in [-0.1, -0.05) is 18.2 Å². The van der Waals surface area contributed by atoms with E-state index in [0.717, 1.165) is 5.56 Å². The number of hydrogen-bond donors (Lipinski definition) is 1. The number of ether oxygens (including phenoxy) is 1. The van der Waals surface area contributed by atoms with Crippen LogP contribution in [0.1, 0.15) is 5.56 Å². The highest BCUT2D eigenvalue weighted by atomic mass is 19.1. The number of halogens is 1. The van der Waals surface area contributed by atoms with Gasteiger partial charge in [0.15, 0.2) is 11.6 Å². The van der Waals surface area contributed by atoms with Gasteiger partial charge in [-0.05, 0) is 30.7 Å². The third kappa shape index (κ3) is 2.05. The van der Waals surface area contributed by atoms with E-state index in [0.29, 0.717) is 22.3 Å². The van der Waals surface area contributed by atoms with Gasteiger partial charge in [0.2, 0.25) is 0 Å². The summed E-state index contributed by atoms with van der Waals surface area (Å²) in [6.07, 6.45) is 1.59. The standard InChI is InChI=1S/C16H13FN2O/c1-10-5-2-3-7-14(10)20-16-12(17)9-13(18)11-6-4-8-19-15(11)16/h2-9H,18H2,1H3. The monoisotopic (exact) mass is 268 g/mol. The van der Waals surface area contributed by atoms with E-state index < -0.39 is 5.82 Å². The molecule has 0 saturated heterocycles. The van der Waals surface area contributed by atoms with Gasteiger partial charge in [0.05, 0.1) is 0 Å². The summed E-state index contributed by atoms with van der Waals surface area (Å²) in [7, 11) is 0. The number of rotatable bonds is 2. The molecule has 3 aromatic rings. The van der Waals surface area contributed by atoms with Crippen molar-refractivity contribution in [3.8, 4) is 11.5 Å². The fraction of sp³-hybridized carbons (Fsp3) is 0.0625. The Hall–Kier alpha value is -2.62. The molecule has 0 amide bonds. The van der Waals surface area contributed by atoms with E-state index >= 15 is 0 Å². The van der Waals surface area contributed by atoms with Gasteiger partial charge in [-0.25, -0.2) is 4.39 Å². The normalized spacial score (nSPS) is 10.7. The van der Waals surface area contributed by atoms with Gasteiger partial charge in [-0.15, -0.1) is 0 Å². The molecule has 4 heteroatoms. The van der Waals surface area contributed by atoms with Crippen LogP contribution in [0.2, 0.25) is 0 Å². The molecule has 0 atom stereocenters. The summed E-state index contributed by atoms with van der Waals surface area (Å²) in [5.74, 6) is 0.184. The Bertz CT molecular complexity index is 787. The van der Waals surface area contributed by atoms with Crippen molar-refractivity contribution in [3.05, 3.63) is 60.0 Å². The summed E-state index contributed by atoms with van der Waals surface area (Å²) >= 11 is 0. The van der Waals surface area contributed by atoms with Crippen LogP contribution in [0, 0.1) is 12.7 Å². The molecule has 0 unspecified atom stereocenters. The van der Waals surface area contributed by atoms with Gasteiger partial charge in [-0.3, -0.25) is 4.98 Å². The minimum Gasteiger partial charge on any atom is -0.452 e. The molecule has 100 valence electrons. The van der Waals surface area contributed by atoms with E-state index in [1.807, 2.05) is 25.1 Å². The van der Waals surface area contributed by atoms with E-state index in [2.05, 4.69) is 4.98 Å². The first-order valence-corrected chi connectivity index (χ1v) is 6.23. The minimum absolute atomic E-state index is 0.101. The van der Waals surface area contributed by atoms with Crippen LogP contribution in [0.15, 0.2) is 48.7 Å². The van der Waals surface area contributed by atoms with Crippen LogP contribution in [0.3, 0.4) is 0 Å². The Labute approximate surface area is 115 Å². The van der Waals surface area contributed by atoms with Gasteiger partial charge < -0.3 is 10.5 Å². The zero-order chi connectivity index (χ0) is 14.1. The summed E-state index contributed by atoms with van der Waals surface area (Å²) in [6, 6.07) is 12.2. The summed E-state index contributed by atoms with van der Waals surface area (Å²) in [5, 5.41) is 0.678. The Morgan fingerprint density at radius 1 is 1.15 bits per heavy atom. The largest absolute Gasteiger partial charge is 0.452 e. The molecule has 0 aliphatic heterocycles. The number of fused-ring (bicyclic) bond motifs is 1. The fourth-order valence-corrected chi connectivity index (χ4v) is 2.09. The number of nitrogens with two attached hydrogens (primary N) is 1. The second-order valence-electron chi connectivity index (χ2n) is 4.54. The van der Waals surface area contributed by atoms with Crippen LogP contribution in [-0.2, 0) is 0 Å². The number of hydrogen-bond acceptors (Lipinski definition) is 3. The number of benzene rings is 2. The Kier molecular flexibility index (Phi) is 2.99. The molecular weight excluding hydrogens is 255 g/mol. The molecule has 0 spiro atoms. The Morgan fingerprint density at radius 2 is 1.95 bits per heavy atom. The number of aromatic nitrogens is 1. The maximum Gasteiger partial charge on any atom is 0.189 e. The average molecular weight is 268 g/mol. The molecule has 3 nitrogen and oxygen atoms in total. The highest BCUT2D eigenvalue weighted by Crippen LogP contribution is 2.35. The van der Waals surface area contributed by atoms with Crippen LogP contribution in [-0.4, -0.2) is 4.98 Å². The zero-order valence-electron chi connectivity index (χ0n) is 10.9. The highest BCUT2D eigenvalue weighted by molar-refractivity contribution is 5.94. The van der Waals surface area contributed by atoms with Crippen LogP contribution >= 0.6 is 0 Å². The molecule has 1 heterocycles. The maximum absolute atomic E-state index is 14.2. The van der Waals surface area contributed by atoms with Crippen LogP contribution in [0.25, 0.3) is 10.9 Å². The maximum atomic E-state index is 14.2. The van der Waals surface area contributed by atoms with Crippen molar-refractivity contribution in [1.82, 2.24) is 4.98 Å². The molecule has 0 bridgehead atoms. The summed E-state index contributed by atoms with van der Waals surface area (Å²) in [5.41, 5.74) is 7.51. The third-order valence-corrected chi connectivity index (χ3v) is 3.14. The van der Waals surface area contributed by atoms with E-state index in [4.69, 9.17) is 10.5 Å². The van der Waals surface area contributed by atoms with Crippen molar-refractivity contribution in [2.45, 2.75) is 6.92 Å². The molecule has 0 saturated carbocycles. The second kappa shape index (κ2) is 4.81. The number of nitrogens with zero attached hydrogens (tertiary/aromatic N) is 1. The quantitative estimate of drug-likeness (QED) is 0.713. The number of anilines is 1. The first-order chi connectivity index (χ1) is 9.66. The van der Waals surface area contributed by atoms with E-state index in [9.17, 15) is 4.39 Å².